The normalized spacial score (nSPS) is 19.5. The van der Waals surface area contributed by atoms with E-state index in [9.17, 15) is 19.2 Å². The number of ether oxygens (including phenoxy) is 2. The Morgan fingerprint density at radius 2 is 1.41 bits per heavy atom. The van der Waals surface area contributed by atoms with Gasteiger partial charge in [-0.15, -0.1) is 0 Å². The number of carboxylic acids is 1. The van der Waals surface area contributed by atoms with Gasteiger partial charge in [-0.2, -0.15) is 0 Å². The van der Waals surface area contributed by atoms with Gasteiger partial charge in [-0.3, -0.25) is 14.6 Å². The van der Waals surface area contributed by atoms with Gasteiger partial charge in [-0.1, -0.05) is 0 Å². The van der Waals surface area contributed by atoms with E-state index in [-0.39, 0.29) is 5.91 Å². The van der Waals surface area contributed by atoms with Crippen molar-refractivity contribution in [3.63, 3.8) is 0 Å². The lowest BCUT2D eigenvalue weighted by Gasteiger charge is -2.27. The number of halogens is 1. The number of rotatable bonds is 3. The van der Waals surface area contributed by atoms with Crippen LogP contribution in [0.5, 0.6) is 0 Å². The minimum atomic E-state index is -0.960. The average molecular weight is 585 g/mol. The number of amides is 3. The number of hydrogen-bond donors (Lipinski definition) is 2. The minimum Gasteiger partial charge on any atom is -0.480 e. The summed E-state index contributed by atoms with van der Waals surface area (Å²) in [7, 11) is 0. The molecule has 2 saturated heterocycles. The fourth-order valence-corrected chi connectivity index (χ4v) is 4.03. The van der Waals surface area contributed by atoms with E-state index in [1.807, 2.05) is 20.8 Å². The highest BCUT2D eigenvalue weighted by molar-refractivity contribution is 9.10. The Hall–Kier alpha value is -2.89. The largest absolute Gasteiger partial charge is 0.480 e. The van der Waals surface area contributed by atoms with Gasteiger partial charge in [0.25, 0.3) is 0 Å². The first-order valence-corrected chi connectivity index (χ1v) is 13.0. The smallest absolute Gasteiger partial charge is 0.411 e. The summed E-state index contributed by atoms with van der Waals surface area (Å²) in [6, 6.07) is 2.26. The molecule has 2 atom stereocenters. The number of hydrogen-bond acceptors (Lipinski definition) is 7. The van der Waals surface area contributed by atoms with Crippen LogP contribution in [0, 0.1) is 0 Å². The van der Waals surface area contributed by atoms with Gasteiger partial charge in [-0.05, 0) is 95.3 Å². The molecule has 3 amide bonds. The lowest BCUT2D eigenvalue weighted by molar-refractivity contribution is -0.142. The molecule has 2 N–H and O–H groups in total. The van der Waals surface area contributed by atoms with Gasteiger partial charge in [0.05, 0.1) is 0 Å². The summed E-state index contributed by atoms with van der Waals surface area (Å²) < 4.78 is 11.3. The third kappa shape index (κ3) is 9.83. The van der Waals surface area contributed by atoms with Gasteiger partial charge in [0.1, 0.15) is 29.1 Å². The number of aromatic nitrogens is 1. The molecule has 3 rings (SSSR count). The van der Waals surface area contributed by atoms with Gasteiger partial charge in [0, 0.05) is 23.8 Å². The molecule has 0 saturated carbocycles. The number of anilines is 1. The molecule has 3 heterocycles. The standard InChI is InChI=1S/C15H20BrN3O3.C10H17NO4/c1-15(2,3)22-14(21)19-8-4-5-11(19)13(20)18-12-7-6-10(16)9-17-12;1-10(2,3)15-9(14)11-6-4-5-7(11)8(12)13/h6-7,9,11H,4-5,8H2,1-3H3,(H,17,18,20);7H,4-6H2,1-3H3,(H,12,13). The molecule has 1 aromatic rings. The molecule has 1 aromatic heterocycles. The Kier molecular flexibility index (Phi) is 10.3. The highest BCUT2D eigenvalue weighted by atomic mass is 79.9. The van der Waals surface area contributed by atoms with E-state index in [2.05, 4.69) is 26.2 Å². The lowest BCUT2D eigenvalue weighted by atomic mass is 10.2. The van der Waals surface area contributed by atoms with Gasteiger partial charge < -0.3 is 19.9 Å². The van der Waals surface area contributed by atoms with E-state index < -0.39 is 41.4 Å². The first-order chi connectivity index (χ1) is 17.1. The number of likely N-dealkylation sites (tertiary alicyclic amines) is 2. The monoisotopic (exact) mass is 584 g/mol. The number of nitrogens with zero attached hydrogens (tertiary/aromatic N) is 3. The maximum absolute atomic E-state index is 12.4. The molecular formula is C25H37BrN4O7. The molecule has 11 nitrogen and oxygen atoms in total. The van der Waals surface area contributed by atoms with Crippen molar-refractivity contribution in [3.8, 4) is 0 Å². The number of carbonyl (C=O) groups is 4. The van der Waals surface area contributed by atoms with Gasteiger partial charge in [0.15, 0.2) is 0 Å². The Balaban J connectivity index is 0.000000281. The zero-order chi connectivity index (χ0) is 28.0. The summed E-state index contributed by atoms with van der Waals surface area (Å²) in [5.74, 6) is -0.735. The molecular weight excluding hydrogens is 548 g/mol. The van der Waals surface area contributed by atoms with Crippen LogP contribution >= 0.6 is 15.9 Å². The Labute approximate surface area is 226 Å². The summed E-state index contributed by atoms with van der Waals surface area (Å²) in [5, 5.41) is 11.6. The summed E-state index contributed by atoms with van der Waals surface area (Å²) >= 11 is 3.29. The zero-order valence-corrected chi connectivity index (χ0v) is 23.8. The van der Waals surface area contributed by atoms with Crippen molar-refractivity contribution in [2.75, 3.05) is 18.4 Å². The summed E-state index contributed by atoms with van der Waals surface area (Å²) in [4.78, 5) is 53.9. The van der Waals surface area contributed by atoms with Gasteiger partial charge in [-0.25, -0.2) is 19.4 Å². The van der Waals surface area contributed by atoms with Crippen LogP contribution in [0.1, 0.15) is 67.2 Å². The molecule has 0 aromatic carbocycles. The molecule has 2 aliphatic heterocycles. The van der Waals surface area contributed by atoms with Crippen LogP contribution in [-0.2, 0) is 19.1 Å². The van der Waals surface area contributed by atoms with Crippen molar-refractivity contribution < 1.29 is 33.8 Å². The second-order valence-corrected chi connectivity index (χ2v) is 11.8. The van der Waals surface area contributed by atoms with Crippen LogP contribution in [-0.4, -0.2) is 80.3 Å². The third-order valence-corrected chi connectivity index (χ3v) is 5.80. The number of nitrogens with one attached hydrogen (secondary N) is 1. The van der Waals surface area contributed by atoms with Crippen molar-refractivity contribution in [2.45, 2.75) is 90.5 Å². The molecule has 37 heavy (non-hydrogen) atoms. The predicted molar refractivity (Wildman–Crippen MR) is 140 cm³/mol. The van der Waals surface area contributed by atoms with E-state index in [0.717, 1.165) is 17.3 Å². The molecule has 206 valence electrons. The third-order valence-electron chi connectivity index (χ3n) is 5.33. The van der Waals surface area contributed by atoms with Crippen molar-refractivity contribution in [3.05, 3.63) is 22.8 Å². The van der Waals surface area contributed by atoms with Crippen molar-refractivity contribution >= 4 is 45.8 Å². The van der Waals surface area contributed by atoms with E-state index in [0.29, 0.717) is 31.7 Å². The van der Waals surface area contributed by atoms with Crippen molar-refractivity contribution in [2.24, 2.45) is 0 Å². The number of carboxylic acid groups (broad SMARTS) is 1. The topological polar surface area (TPSA) is 138 Å². The van der Waals surface area contributed by atoms with Crippen LogP contribution in [0.2, 0.25) is 0 Å². The van der Waals surface area contributed by atoms with Gasteiger partial charge >= 0.3 is 18.2 Å². The molecule has 12 heteroatoms. The van der Waals surface area contributed by atoms with Crippen LogP contribution in [0.15, 0.2) is 22.8 Å². The summed E-state index contributed by atoms with van der Waals surface area (Å²) in [6.07, 6.45) is 3.26. The molecule has 2 unspecified atom stereocenters. The SMILES string of the molecule is CC(C)(C)OC(=O)N1CCCC1C(=O)Nc1ccc(Br)cn1.CC(C)(C)OC(=O)N1CCCC1C(=O)O. The van der Waals surface area contributed by atoms with Crippen LogP contribution < -0.4 is 5.32 Å². The Morgan fingerprint density at radius 1 is 0.919 bits per heavy atom. The highest BCUT2D eigenvalue weighted by Gasteiger charge is 2.37. The van der Waals surface area contributed by atoms with Crippen LogP contribution in [0.4, 0.5) is 15.4 Å². The van der Waals surface area contributed by atoms with Crippen molar-refractivity contribution in [1.29, 1.82) is 0 Å². The van der Waals surface area contributed by atoms with E-state index in [1.54, 1.807) is 39.1 Å². The second-order valence-electron chi connectivity index (χ2n) is 10.9. The highest BCUT2D eigenvalue weighted by Crippen LogP contribution is 2.23. The van der Waals surface area contributed by atoms with Crippen molar-refractivity contribution in [1.82, 2.24) is 14.8 Å². The maximum Gasteiger partial charge on any atom is 0.411 e. The molecule has 0 radical (unpaired) electrons. The molecule has 2 aliphatic rings. The number of aliphatic carboxylic acids is 1. The predicted octanol–water partition coefficient (Wildman–Crippen LogP) is 4.65. The maximum atomic E-state index is 12.4. The zero-order valence-electron chi connectivity index (χ0n) is 22.2. The average Bonchev–Trinajstić information content (AvgIpc) is 3.43. The second kappa shape index (κ2) is 12.6. The minimum absolute atomic E-state index is 0.238. The first-order valence-electron chi connectivity index (χ1n) is 12.2. The van der Waals surface area contributed by atoms with Gasteiger partial charge in [0.2, 0.25) is 5.91 Å². The lowest BCUT2D eigenvalue weighted by Crippen LogP contribution is -2.45. The fraction of sp³-hybridized carbons (Fsp3) is 0.640. The first kappa shape index (κ1) is 30.3. The van der Waals surface area contributed by atoms with E-state index in [4.69, 9.17) is 14.6 Å². The van der Waals surface area contributed by atoms with E-state index in [1.165, 1.54) is 9.80 Å². The Morgan fingerprint density at radius 3 is 1.84 bits per heavy atom. The fourth-order valence-electron chi connectivity index (χ4n) is 3.80. The Bertz CT molecular complexity index is 973. The molecule has 0 spiro atoms. The van der Waals surface area contributed by atoms with E-state index >= 15 is 0 Å². The van der Waals surface area contributed by atoms with Crippen LogP contribution in [0.3, 0.4) is 0 Å². The molecule has 0 bridgehead atoms. The molecule has 2 fully saturated rings. The number of pyridine rings is 1. The quantitative estimate of drug-likeness (QED) is 0.523. The van der Waals surface area contributed by atoms with Crippen LogP contribution in [0.25, 0.3) is 0 Å². The summed E-state index contributed by atoms with van der Waals surface area (Å²) in [6.45, 7) is 11.7. The number of carbonyl (C=O) groups excluding carboxylic acids is 3. The summed E-state index contributed by atoms with van der Waals surface area (Å²) in [5.41, 5.74) is -1.16. The molecule has 0 aliphatic carbocycles.